The summed E-state index contributed by atoms with van der Waals surface area (Å²) in [6.45, 7) is 3.58. The average molecular weight is 342 g/mol. The molecule has 9 heteroatoms. The van der Waals surface area contributed by atoms with Gasteiger partial charge in [0.25, 0.3) is 5.69 Å². The van der Waals surface area contributed by atoms with Crippen molar-refractivity contribution in [3.63, 3.8) is 0 Å². The molecule has 1 N–H and O–H groups in total. The van der Waals surface area contributed by atoms with Gasteiger partial charge in [-0.05, 0) is 26.0 Å². The van der Waals surface area contributed by atoms with Crippen LogP contribution in [0.15, 0.2) is 18.2 Å². The zero-order chi connectivity index (χ0) is 17.4. The first kappa shape index (κ1) is 18.8. The number of ether oxygens (including phenoxy) is 2. The highest BCUT2D eigenvalue weighted by Crippen LogP contribution is 2.29. The second-order valence-electron chi connectivity index (χ2n) is 4.39. The average Bonchev–Trinajstić information content (AvgIpc) is 2.52. The molecule has 0 aliphatic carbocycles. The minimum atomic E-state index is -0.603. The van der Waals surface area contributed by atoms with E-state index in [0.717, 1.165) is 11.8 Å². The molecule has 0 heterocycles. The van der Waals surface area contributed by atoms with E-state index in [1.54, 1.807) is 13.8 Å². The molecule has 0 aromatic heterocycles. The molecule has 0 aliphatic heterocycles. The Labute approximate surface area is 137 Å². The number of hydrogen-bond donors (Lipinski definition) is 1. The van der Waals surface area contributed by atoms with Crippen LogP contribution >= 0.6 is 11.8 Å². The van der Waals surface area contributed by atoms with E-state index in [9.17, 15) is 19.7 Å². The first-order valence-electron chi connectivity index (χ1n) is 6.79. The van der Waals surface area contributed by atoms with E-state index in [1.807, 2.05) is 0 Å². The summed E-state index contributed by atoms with van der Waals surface area (Å²) in [5.74, 6) is -0.493. The van der Waals surface area contributed by atoms with E-state index in [-0.39, 0.29) is 23.7 Å². The van der Waals surface area contributed by atoms with Crippen LogP contribution in [0.25, 0.3) is 0 Å². The lowest BCUT2D eigenvalue weighted by Crippen LogP contribution is -2.24. The number of thioether (sulfide) groups is 1. The largest absolute Gasteiger partial charge is 0.496 e. The van der Waals surface area contributed by atoms with Crippen LogP contribution in [0.2, 0.25) is 0 Å². The number of rotatable bonds is 8. The first-order chi connectivity index (χ1) is 10.9. The van der Waals surface area contributed by atoms with Gasteiger partial charge >= 0.3 is 5.97 Å². The van der Waals surface area contributed by atoms with E-state index in [2.05, 4.69) is 5.32 Å². The molecule has 126 valence electrons. The molecular weight excluding hydrogens is 324 g/mol. The highest BCUT2D eigenvalue weighted by Gasteiger charge is 2.21. The molecular formula is C14H18N2O6S. The summed E-state index contributed by atoms with van der Waals surface area (Å²) in [5.41, 5.74) is -0.190. The van der Waals surface area contributed by atoms with Gasteiger partial charge in [0.2, 0.25) is 5.91 Å². The maximum atomic E-state index is 12.1. The molecule has 0 bridgehead atoms. The van der Waals surface area contributed by atoms with Gasteiger partial charge in [-0.15, -0.1) is 11.8 Å². The Bertz CT molecular complexity index is 593. The third-order valence-electron chi connectivity index (χ3n) is 2.79. The quantitative estimate of drug-likeness (QED) is 0.438. The lowest BCUT2D eigenvalue weighted by Gasteiger charge is -2.12. The lowest BCUT2D eigenvalue weighted by molar-refractivity contribution is -0.384. The number of anilines is 1. The molecule has 0 spiro atoms. The first-order valence-corrected chi connectivity index (χ1v) is 7.84. The summed E-state index contributed by atoms with van der Waals surface area (Å²) >= 11 is 1.09. The maximum absolute atomic E-state index is 12.1. The van der Waals surface area contributed by atoms with Crippen LogP contribution in [0.4, 0.5) is 11.4 Å². The van der Waals surface area contributed by atoms with Gasteiger partial charge < -0.3 is 14.8 Å². The topological polar surface area (TPSA) is 108 Å². The van der Waals surface area contributed by atoms with Gasteiger partial charge in [-0.2, -0.15) is 0 Å². The fourth-order valence-electron chi connectivity index (χ4n) is 1.60. The van der Waals surface area contributed by atoms with Crippen LogP contribution in [-0.4, -0.2) is 41.5 Å². The normalized spacial score (nSPS) is 11.4. The molecule has 0 radical (unpaired) electrons. The predicted octanol–water partition coefficient (Wildman–Crippen LogP) is 2.23. The van der Waals surface area contributed by atoms with Gasteiger partial charge in [-0.1, -0.05) is 0 Å². The van der Waals surface area contributed by atoms with Crippen molar-refractivity contribution in [2.75, 3.05) is 24.8 Å². The molecule has 1 amide bonds. The summed E-state index contributed by atoms with van der Waals surface area (Å²) in [4.78, 5) is 33.8. The Hall–Kier alpha value is -2.29. The van der Waals surface area contributed by atoms with Crippen molar-refractivity contribution in [2.24, 2.45) is 0 Å². The third-order valence-corrected chi connectivity index (χ3v) is 3.90. The summed E-state index contributed by atoms with van der Waals surface area (Å²) in [7, 11) is 1.39. The minimum Gasteiger partial charge on any atom is -0.496 e. The smallest absolute Gasteiger partial charge is 0.315 e. The monoisotopic (exact) mass is 342 g/mol. The summed E-state index contributed by atoms with van der Waals surface area (Å²) < 4.78 is 9.70. The molecule has 0 fully saturated rings. The molecule has 1 aromatic rings. The SMILES string of the molecule is CCOC(=O)CS[C@H](C)C(=O)Nc1ccc(OC)cc1[N+](=O)[O-]. The maximum Gasteiger partial charge on any atom is 0.315 e. The van der Waals surface area contributed by atoms with Crippen LogP contribution in [0.1, 0.15) is 13.8 Å². The van der Waals surface area contributed by atoms with Crippen molar-refractivity contribution in [3.05, 3.63) is 28.3 Å². The van der Waals surface area contributed by atoms with Gasteiger partial charge in [0.1, 0.15) is 11.4 Å². The van der Waals surface area contributed by atoms with Crippen LogP contribution in [0.5, 0.6) is 5.75 Å². The number of nitro benzene ring substituents is 1. The second-order valence-corrected chi connectivity index (χ2v) is 5.72. The highest BCUT2D eigenvalue weighted by molar-refractivity contribution is 8.01. The molecule has 0 aliphatic rings. The van der Waals surface area contributed by atoms with Crippen LogP contribution in [0.3, 0.4) is 0 Å². The standard InChI is InChI=1S/C14H18N2O6S/c1-4-22-13(17)8-23-9(2)14(18)15-11-6-5-10(21-3)7-12(11)16(19)20/h5-7,9H,4,8H2,1-3H3,(H,15,18)/t9-/m1/s1. The van der Waals surface area contributed by atoms with Crippen LogP contribution in [-0.2, 0) is 14.3 Å². The number of methoxy groups -OCH3 is 1. The van der Waals surface area contributed by atoms with Crippen LogP contribution in [0, 0.1) is 10.1 Å². The second kappa shape index (κ2) is 8.99. The number of amides is 1. The van der Waals surface area contributed by atoms with Gasteiger partial charge in [0, 0.05) is 0 Å². The lowest BCUT2D eigenvalue weighted by atomic mass is 10.2. The molecule has 0 unspecified atom stereocenters. The number of carbonyl (C=O) groups excluding carboxylic acids is 2. The zero-order valence-corrected chi connectivity index (χ0v) is 13.8. The molecule has 1 rings (SSSR count). The number of carbonyl (C=O) groups is 2. The van der Waals surface area contributed by atoms with Gasteiger partial charge in [-0.3, -0.25) is 19.7 Å². The van der Waals surface area contributed by atoms with Gasteiger partial charge in [0.05, 0.1) is 35.7 Å². The van der Waals surface area contributed by atoms with Crippen molar-refractivity contribution in [1.29, 1.82) is 0 Å². The summed E-state index contributed by atoms with van der Waals surface area (Å²) in [6, 6.07) is 4.14. The van der Waals surface area contributed by atoms with Gasteiger partial charge in [-0.25, -0.2) is 0 Å². The molecule has 0 saturated heterocycles. The van der Waals surface area contributed by atoms with Gasteiger partial charge in [0.15, 0.2) is 0 Å². The number of nitrogens with one attached hydrogen (secondary N) is 1. The fraction of sp³-hybridized carbons (Fsp3) is 0.429. The van der Waals surface area contributed by atoms with E-state index in [4.69, 9.17) is 9.47 Å². The molecule has 1 aromatic carbocycles. The number of hydrogen-bond acceptors (Lipinski definition) is 7. The van der Waals surface area contributed by atoms with E-state index in [1.165, 1.54) is 25.3 Å². The number of esters is 1. The summed E-state index contributed by atoms with van der Waals surface area (Å²) in [6.07, 6.45) is 0. The molecule has 1 atom stereocenters. The Kier molecular flexibility index (Phi) is 7.33. The Balaban J connectivity index is 2.73. The molecule has 0 saturated carbocycles. The van der Waals surface area contributed by atoms with Crippen LogP contribution < -0.4 is 10.1 Å². The Morgan fingerprint density at radius 3 is 2.70 bits per heavy atom. The van der Waals surface area contributed by atoms with E-state index >= 15 is 0 Å². The Morgan fingerprint density at radius 2 is 2.13 bits per heavy atom. The number of nitro groups is 1. The number of benzene rings is 1. The van der Waals surface area contributed by atoms with Crippen molar-refractivity contribution >= 4 is 35.0 Å². The summed E-state index contributed by atoms with van der Waals surface area (Å²) in [5, 5.41) is 13.0. The number of nitrogens with zero attached hydrogens (tertiary/aromatic N) is 1. The van der Waals surface area contributed by atoms with Crippen molar-refractivity contribution in [1.82, 2.24) is 0 Å². The van der Waals surface area contributed by atoms with E-state index < -0.39 is 22.0 Å². The Morgan fingerprint density at radius 1 is 1.43 bits per heavy atom. The van der Waals surface area contributed by atoms with Crippen molar-refractivity contribution in [2.45, 2.75) is 19.1 Å². The predicted molar refractivity (Wildman–Crippen MR) is 86.8 cm³/mol. The molecule has 8 nitrogen and oxygen atoms in total. The van der Waals surface area contributed by atoms with Crippen molar-refractivity contribution in [3.8, 4) is 5.75 Å². The highest BCUT2D eigenvalue weighted by atomic mass is 32.2. The van der Waals surface area contributed by atoms with Crippen molar-refractivity contribution < 1.29 is 24.0 Å². The van der Waals surface area contributed by atoms with E-state index in [0.29, 0.717) is 5.75 Å². The fourth-order valence-corrected chi connectivity index (χ4v) is 2.28. The zero-order valence-electron chi connectivity index (χ0n) is 13.0. The minimum absolute atomic E-state index is 0.0349. The third kappa shape index (κ3) is 5.78. The molecule has 23 heavy (non-hydrogen) atoms.